The van der Waals surface area contributed by atoms with Crippen LogP contribution in [0.3, 0.4) is 0 Å². The molecule has 6 atom stereocenters. The summed E-state index contributed by atoms with van der Waals surface area (Å²) in [6.45, 7) is 5.05. The lowest BCUT2D eigenvalue weighted by Crippen LogP contribution is -2.69. The van der Waals surface area contributed by atoms with E-state index in [1.807, 2.05) is 0 Å². The van der Waals surface area contributed by atoms with E-state index >= 15 is 0 Å². The number of fused-ring (bicyclic) bond motifs is 1. The topological polar surface area (TPSA) is 15.7 Å². The fourth-order valence-corrected chi connectivity index (χ4v) is 10.7. The van der Waals surface area contributed by atoms with Crippen LogP contribution in [0.5, 0.6) is 11.5 Å². The van der Waals surface area contributed by atoms with Gasteiger partial charge in [0.25, 0.3) is 0 Å². The van der Waals surface area contributed by atoms with Crippen LogP contribution < -0.4 is 4.74 Å². The van der Waals surface area contributed by atoms with Crippen molar-refractivity contribution in [1.82, 2.24) is 9.80 Å². The van der Waals surface area contributed by atoms with Crippen LogP contribution in [0.15, 0.2) is 78.9 Å². The Morgan fingerprint density at radius 3 is 2.46 bits per heavy atom. The van der Waals surface area contributed by atoms with E-state index in [1.54, 1.807) is 11.1 Å². The molecule has 9 rings (SSSR count). The maximum atomic E-state index is 6.48. The summed E-state index contributed by atoms with van der Waals surface area (Å²) < 4.78 is 6.48. The lowest BCUT2D eigenvalue weighted by molar-refractivity contribution is -0.105. The second kappa shape index (κ2) is 8.44. The highest BCUT2D eigenvalue weighted by atomic mass is 16.5. The molecule has 3 saturated carbocycles. The molecule has 0 spiro atoms. The van der Waals surface area contributed by atoms with E-state index in [1.165, 1.54) is 70.1 Å². The SMILES string of the molecule is c1ccc(CN2C[C@H]3C[C@@]45CCC2C3[C@@]42CCN(CC3CC3)[C@@H]5Cc3ccc(Oc4ccccc4)cc32)cc1. The maximum absolute atomic E-state index is 6.48. The highest BCUT2D eigenvalue weighted by Gasteiger charge is 2.75. The Morgan fingerprint density at radius 2 is 1.64 bits per heavy atom. The molecule has 6 aliphatic rings. The van der Waals surface area contributed by atoms with Crippen molar-refractivity contribution >= 4 is 0 Å². The molecular weight excluding hydrogens is 476 g/mol. The fourth-order valence-electron chi connectivity index (χ4n) is 10.7. The number of hydrogen-bond donors (Lipinski definition) is 0. The van der Waals surface area contributed by atoms with Crippen LogP contribution in [-0.2, 0) is 18.4 Å². The third-order valence-corrected chi connectivity index (χ3v) is 12.1. The molecule has 4 bridgehead atoms. The second-order valence-corrected chi connectivity index (χ2v) is 13.8. The predicted octanol–water partition coefficient (Wildman–Crippen LogP) is 7.06. The average Bonchev–Trinajstić information content (AvgIpc) is 3.67. The summed E-state index contributed by atoms with van der Waals surface area (Å²) in [5.41, 5.74) is 5.53. The number of ether oxygens (including phenoxy) is 1. The first-order chi connectivity index (χ1) is 19.2. The van der Waals surface area contributed by atoms with E-state index in [0.717, 1.165) is 41.8 Å². The Kier molecular flexibility index (Phi) is 5.01. The van der Waals surface area contributed by atoms with Crippen molar-refractivity contribution in [3.05, 3.63) is 95.6 Å². The minimum atomic E-state index is 0.306. The molecule has 2 unspecified atom stereocenters. The minimum absolute atomic E-state index is 0.306. The Hall–Kier alpha value is -2.62. The van der Waals surface area contributed by atoms with Crippen molar-refractivity contribution in [3.8, 4) is 11.5 Å². The van der Waals surface area contributed by atoms with E-state index in [9.17, 15) is 0 Å². The number of nitrogens with zero attached hydrogens (tertiary/aromatic N) is 2. The van der Waals surface area contributed by atoms with Crippen LogP contribution in [0.25, 0.3) is 0 Å². The first-order valence-corrected chi connectivity index (χ1v) is 15.6. The van der Waals surface area contributed by atoms with Gasteiger partial charge in [-0.2, -0.15) is 0 Å². The van der Waals surface area contributed by atoms with Crippen molar-refractivity contribution in [2.45, 2.75) is 69.0 Å². The molecule has 3 nitrogen and oxygen atoms in total. The van der Waals surface area contributed by atoms with E-state index in [0.29, 0.717) is 16.9 Å². The van der Waals surface area contributed by atoms with Gasteiger partial charge in [-0.1, -0.05) is 54.6 Å². The zero-order valence-electron chi connectivity index (χ0n) is 23.0. The number of likely N-dealkylation sites (tertiary alicyclic amines) is 2. The summed E-state index contributed by atoms with van der Waals surface area (Å²) in [6.07, 6.45) is 9.74. The molecule has 0 radical (unpaired) electrons. The van der Waals surface area contributed by atoms with Gasteiger partial charge in [-0.25, -0.2) is 0 Å². The van der Waals surface area contributed by atoms with Gasteiger partial charge in [0.05, 0.1) is 0 Å². The highest BCUT2D eigenvalue weighted by molar-refractivity contribution is 5.51. The largest absolute Gasteiger partial charge is 0.457 e. The quantitative estimate of drug-likeness (QED) is 0.349. The molecular formula is C36H40N2O. The van der Waals surface area contributed by atoms with Crippen LogP contribution in [0.2, 0.25) is 0 Å². The molecule has 0 amide bonds. The standard InChI is InChI=1S/C36H40N2O/c1-3-7-25(8-4-1)23-38-24-28-21-35-16-15-32(38)34(28)36(35)17-18-37(22-26-11-12-26)33(35)19-27-13-14-30(20-31(27)36)39-29-9-5-2-6-10-29/h1-10,13-14,20,26,28,32-34H,11-12,15-19,21-24H2/t28-,32?,33-,34?,35-,36+/m1/s1. The maximum Gasteiger partial charge on any atom is 0.127 e. The van der Waals surface area contributed by atoms with Crippen LogP contribution in [0.1, 0.15) is 55.2 Å². The van der Waals surface area contributed by atoms with E-state index < -0.39 is 0 Å². The Bertz CT molecular complexity index is 1390. The first-order valence-electron chi connectivity index (χ1n) is 15.6. The summed E-state index contributed by atoms with van der Waals surface area (Å²) >= 11 is 0. The zero-order valence-corrected chi connectivity index (χ0v) is 23.0. The lowest BCUT2D eigenvalue weighted by atomic mass is 9.43. The lowest BCUT2D eigenvalue weighted by Gasteiger charge is -2.66. The van der Waals surface area contributed by atoms with Crippen LogP contribution in [0, 0.1) is 23.2 Å². The summed E-state index contributed by atoms with van der Waals surface area (Å²) in [7, 11) is 0. The van der Waals surface area contributed by atoms with Crippen molar-refractivity contribution in [1.29, 1.82) is 0 Å². The molecule has 3 aromatic carbocycles. The van der Waals surface area contributed by atoms with Gasteiger partial charge in [-0.3, -0.25) is 9.80 Å². The molecule has 39 heavy (non-hydrogen) atoms. The van der Waals surface area contributed by atoms with Gasteiger partial charge >= 0.3 is 0 Å². The van der Waals surface area contributed by atoms with Crippen LogP contribution >= 0.6 is 0 Å². The number of para-hydroxylation sites is 1. The van der Waals surface area contributed by atoms with Gasteiger partial charge in [0, 0.05) is 37.1 Å². The molecule has 2 heterocycles. The molecule has 200 valence electrons. The Labute approximate surface area is 233 Å². The highest BCUT2D eigenvalue weighted by Crippen LogP contribution is 2.75. The van der Waals surface area contributed by atoms with Crippen molar-refractivity contribution in [3.63, 3.8) is 0 Å². The monoisotopic (exact) mass is 516 g/mol. The van der Waals surface area contributed by atoms with Crippen molar-refractivity contribution in [2.75, 3.05) is 19.6 Å². The molecule has 3 aromatic rings. The van der Waals surface area contributed by atoms with Crippen molar-refractivity contribution in [2.24, 2.45) is 23.2 Å². The smallest absolute Gasteiger partial charge is 0.127 e. The first kappa shape index (κ1) is 23.1. The van der Waals surface area contributed by atoms with Gasteiger partial charge in [0.2, 0.25) is 0 Å². The normalized spacial score (nSPS) is 36.4. The van der Waals surface area contributed by atoms with E-state index in [2.05, 4.69) is 88.7 Å². The number of benzene rings is 3. The number of rotatable bonds is 6. The molecule has 3 heteroatoms. The van der Waals surface area contributed by atoms with Crippen molar-refractivity contribution < 1.29 is 4.74 Å². The molecule has 0 aromatic heterocycles. The molecule has 5 fully saturated rings. The number of piperidine rings is 1. The minimum Gasteiger partial charge on any atom is -0.457 e. The zero-order chi connectivity index (χ0) is 25.6. The van der Waals surface area contributed by atoms with Gasteiger partial charge in [0.15, 0.2) is 0 Å². The van der Waals surface area contributed by atoms with E-state index in [-0.39, 0.29) is 0 Å². The van der Waals surface area contributed by atoms with Crippen LogP contribution in [-0.4, -0.2) is 41.5 Å². The average molecular weight is 517 g/mol. The predicted molar refractivity (Wildman–Crippen MR) is 155 cm³/mol. The van der Waals surface area contributed by atoms with E-state index in [4.69, 9.17) is 4.74 Å². The molecule has 0 N–H and O–H groups in total. The van der Waals surface area contributed by atoms with Gasteiger partial charge in [-0.15, -0.1) is 0 Å². The fraction of sp³-hybridized carbons (Fsp3) is 0.500. The number of hydrogen-bond acceptors (Lipinski definition) is 3. The van der Waals surface area contributed by atoms with Crippen LogP contribution in [0.4, 0.5) is 0 Å². The Balaban J connectivity index is 1.14. The third kappa shape index (κ3) is 3.29. The molecule has 2 aliphatic heterocycles. The molecule has 4 aliphatic carbocycles. The van der Waals surface area contributed by atoms with Gasteiger partial charge in [0.1, 0.15) is 11.5 Å². The summed E-state index contributed by atoms with van der Waals surface area (Å²) in [6, 6.07) is 30.3. The Morgan fingerprint density at radius 1 is 0.821 bits per heavy atom. The summed E-state index contributed by atoms with van der Waals surface area (Å²) in [4.78, 5) is 5.89. The van der Waals surface area contributed by atoms with Gasteiger partial charge < -0.3 is 4.74 Å². The third-order valence-electron chi connectivity index (χ3n) is 12.1. The second-order valence-electron chi connectivity index (χ2n) is 13.8. The van der Waals surface area contributed by atoms with Gasteiger partial charge in [-0.05, 0) is 116 Å². The molecule has 2 saturated heterocycles. The summed E-state index contributed by atoms with van der Waals surface area (Å²) in [5.74, 6) is 4.55. The summed E-state index contributed by atoms with van der Waals surface area (Å²) in [5, 5.41) is 0.